The molecule has 0 radical (unpaired) electrons. The van der Waals surface area contributed by atoms with Gasteiger partial charge < -0.3 is 20.3 Å². The summed E-state index contributed by atoms with van der Waals surface area (Å²) in [5.41, 5.74) is 2.08. The molecule has 1 saturated heterocycles. The monoisotopic (exact) mass is 349 g/mol. The smallest absolute Gasteiger partial charge is 0.233 e. The summed E-state index contributed by atoms with van der Waals surface area (Å²) in [6, 6.07) is 7.99. The molecule has 1 aliphatic rings. The number of rotatable bonds is 6. The molecule has 128 valence electrons. The standard InChI is InChI=1S/C16H21ClN6O/c1-12-3-2-4-13(11-12)19-16-21-14(17)20-15(22-16)18-5-6-23-7-9-24-10-8-23/h2-4,11H,5-10H2,1H3,(H2,18,19,20,21,22)/p+1. The Morgan fingerprint density at radius 3 is 2.75 bits per heavy atom. The zero-order valence-corrected chi connectivity index (χ0v) is 14.4. The number of aromatic nitrogens is 3. The molecule has 0 atom stereocenters. The number of aryl methyl sites for hydroxylation is 1. The predicted octanol–water partition coefficient (Wildman–Crippen LogP) is 0.904. The van der Waals surface area contributed by atoms with Crippen LogP contribution in [-0.2, 0) is 4.74 Å². The van der Waals surface area contributed by atoms with Crippen LogP contribution in [0.5, 0.6) is 0 Å². The minimum atomic E-state index is 0.168. The molecule has 2 aromatic rings. The van der Waals surface area contributed by atoms with Crippen LogP contribution in [0.25, 0.3) is 0 Å². The zero-order chi connectivity index (χ0) is 16.8. The second-order valence-electron chi connectivity index (χ2n) is 5.79. The number of quaternary nitrogens is 1. The van der Waals surface area contributed by atoms with Gasteiger partial charge in [0.15, 0.2) is 0 Å². The highest BCUT2D eigenvalue weighted by Gasteiger charge is 2.13. The van der Waals surface area contributed by atoms with Crippen molar-refractivity contribution < 1.29 is 9.64 Å². The highest BCUT2D eigenvalue weighted by atomic mass is 35.5. The Labute approximate surface area is 146 Å². The second-order valence-corrected chi connectivity index (χ2v) is 6.12. The summed E-state index contributed by atoms with van der Waals surface area (Å²) in [5, 5.41) is 6.55. The van der Waals surface area contributed by atoms with Crippen LogP contribution in [0.15, 0.2) is 24.3 Å². The van der Waals surface area contributed by atoms with Gasteiger partial charge in [-0.05, 0) is 36.2 Å². The molecule has 1 aliphatic heterocycles. The Bertz CT molecular complexity index is 677. The lowest BCUT2D eigenvalue weighted by atomic mass is 10.2. The van der Waals surface area contributed by atoms with E-state index in [0.717, 1.165) is 50.6 Å². The molecule has 8 heteroatoms. The van der Waals surface area contributed by atoms with Crippen molar-refractivity contribution in [3.63, 3.8) is 0 Å². The first-order valence-electron chi connectivity index (χ1n) is 8.09. The van der Waals surface area contributed by atoms with E-state index in [-0.39, 0.29) is 5.28 Å². The van der Waals surface area contributed by atoms with Gasteiger partial charge in [-0.3, -0.25) is 0 Å². The van der Waals surface area contributed by atoms with Gasteiger partial charge in [0, 0.05) is 5.69 Å². The molecule has 0 aliphatic carbocycles. The van der Waals surface area contributed by atoms with Gasteiger partial charge in [-0.25, -0.2) is 0 Å². The maximum atomic E-state index is 6.01. The fourth-order valence-corrected chi connectivity index (χ4v) is 2.76. The second kappa shape index (κ2) is 8.23. The summed E-state index contributed by atoms with van der Waals surface area (Å²) in [4.78, 5) is 14.2. The maximum absolute atomic E-state index is 6.01. The minimum absolute atomic E-state index is 0.168. The number of nitrogens with one attached hydrogen (secondary N) is 3. The molecular formula is C16H22ClN6O+. The van der Waals surface area contributed by atoms with Gasteiger partial charge in [0.25, 0.3) is 0 Å². The van der Waals surface area contributed by atoms with Crippen LogP contribution in [-0.4, -0.2) is 54.3 Å². The fourth-order valence-electron chi connectivity index (χ4n) is 2.60. The van der Waals surface area contributed by atoms with E-state index in [9.17, 15) is 0 Å². The number of ether oxygens (including phenoxy) is 1. The molecule has 1 aromatic heterocycles. The Hall–Kier alpha value is -1.96. The van der Waals surface area contributed by atoms with Crippen molar-refractivity contribution in [2.45, 2.75) is 6.92 Å². The van der Waals surface area contributed by atoms with Crippen molar-refractivity contribution in [2.75, 3.05) is 50.0 Å². The quantitative estimate of drug-likeness (QED) is 0.719. The van der Waals surface area contributed by atoms with Crippen LogP contribution in [0.4, 0.5) is 17.6 Å². The summed E-state index contributed by atoms with van der Waals surface area (Å²) in [7, 11) is 0. The SMILES string of the molecule is Cc1cccc(Nc2nc(Cl)nc(NCC[NH+]3CCOCC3)n2)c1. The van der Waals surface area contributed by atoms with Crippen molar-refractivity contribution in [1.29, 1.82) is 0 Å². The van der Waals surface area contributed by atoms with Gasteiger partial charge in [-0.1, -0.05) is 12.1 Å². The van der Waals surface area contributed by atoms with E-state index in [0.29, 0.717) is 11.9 Å². The summed E-state index contributed by atoms with van der Waals surface area (Å²) in [5.74, 6) is 0.916. The first-order valence-corrected chi connectivity index (χ1v) is 8.47. The Kier molecular flexibility index (Phi) is 5.79. The first kappa shape index (κ1) is 16.9. The zero-order valence-electron chi connectivity index (χ0n) is 13.7. The Balaban J connectivity index is 1.58. The van der Waals surface area contributed by atoms with Gasteiger partial charge >= 0.3 is 0 Å². The highest BCUT2D eigenvalue weighted by molar-refractivity contribution is 6.28. The molecular weight excluding hydrogens is 328 g/mol. The summed E-state index contributed by atoms with van der Waals surface area (Å²) < 4.78 is 5.36. The number of benzene rings is 1. The van der Waals surface area contributed by atoms with Gasteiger partial charge in [0.1, 0.15) is 13.1 Å². The van der Waals surface area contributed by atoms with Gasteiger partial charge in [-0.2, -0.15) is 15.0 Å². The molecule has 0 amide bonds. The topological polar surface area (TPSA) is 76.4 Å². The van der Waals surface area contributed by atoms with Crippen molar-refractivity contribution in [3.05, 3.63) is 35.1 Å². The van der Waals surface area contributed by atoms with Gasteiger partial charge in [-0.15, -0.1) is 0 Å². The van der Waals surface area contributed by atoms with Gasteiger partial charge in [0.2, 0.25) is 17.2 Å². The first-order chi connectivity index (χ1) is 11.7. The van der Waals surface area contributed by atoms with Crippen molar-refractivity contribution in [1.82, 2.24) is 15.0 Å². The number of nitrogens with zero attached hydrogens (tertiary/aromatic N) is 3. The molecule has 24 heavy (non-hydrogen) atoms. The fraction of sp³-hybridized carbons (Fsp3) is 0.438. The third-order valence-electron chi connectivity index (χ3n) is 3.84. The summed E-state index contributed by atoms with van der Waals surface area (Å²) in [6.07, 6.45) is 0. The number of halogens is 1. The van der Waals surface area contributed by atoms with E-state index >= 15 is 0 Å². The largest absolute Gasteiger partial charge is 0.370 e. The molecule has 0 unspecified atom stereocenters. The molecule has 2 heterocycles. The molecule has 0 spiro atoms. The Morgan fingerprint density at radius 2 is 1.96 bits per heavy atom. The predicted molar refractivity (Wildman–Crippen MR) is 94.2 cm³/mol. The van der Waals surface area contributed by atoms with E-state index in [2.05, 4.69) is 25.6 Å². The van der Waals surface area contributed by atoms with Crippen LogP contribution in [0.3, 0.4) is 0 Å². The molecule has 1 aromatic carbocycles. The molecule has 0 bridgehead atoms. The van der Waals surface area contributed by atoms with Gasteiger partial charge in [0.05, 0.1) is 26.3 Å². The third-order valence-corrected chi connectivity index (χ3v) is 4.01. The Morgan fingerprint density at radius 1 is 1.17 bits per heavy atom. The number of hydrogen-bond acceptors (Lipinski definition) is 6. The normalized spacial score (nSPS) is 15.2. The van der Waals surface area contributed by atoms with Crippen LogP contribution in [0.1, 0.15) is 5.56 Å². The minimum Gasteiger partial charge on any atom is -0.370 e. The van der Waals surface area contributed by atoms with E-state index in [1.807, 2.05) is 31.2 Å². The lowest BCUT2D eigenvalue weighted by Gasteiger charge is -2.23. The molecule has 3 rings (SSSR count). The van der Waals surface area contributed by atoms with Crippen molar-refractivity contribution in [2.24, 2.45) is 0 Å². The highest BCUT2D eigenvalue weighted by Crippen LogP contribution is 2.16. The van der Waals surface area contributed by atoms with E-state index in [4.69, 9.17) is 16.3 Å². The number of morpholine rings is 1. The third kappa shape index (κ3) is 5.02. The van der Waals surface area contributed by atoms with Crippen LogP contribution in [0.2, 0.25) is 5.28 Å². The maximum Gasteiger partial charge on any atom is 0.233 e. The van der Waals surface area contributed by atoms with Crippen LogP contribution >= 0.6 is 11.6 Å². The average molecular weight is 350 g/mol. The number of hydrogen-bond donors (Lipinski definition) is 3. The van der Waals surface area contributed by atoms with E-state index in [1.54, 1.807) is 0 Å². The molecule has 1 fully saturated rings. The van der Waals surface area contributed by atoms with Crippen molar-refractivity contribution in [3.8, 4) is 0 Å². The van der Waals surface area contributed by atoms with Crippen LogP contribution < -0.4 is 15.5 Å². The lowest BCUT2D eigenvalue weighted by molar-refractivity contribution is -0.906. The van der Waals surface area contributed by atoms with E-state index < -0.39 is 0 Å². The van der Waals surface area contributed by atoms with Crippen molar-refractivity contribution >= 4 is 29.2 Å². The molecule has 0 saturated carbocycles. The molecule has 7 nitrogen and oxygen atoms in total. The molecule has 3 N–H and O–H groups in total. The lowest BCUT2D eigenvalue weighted by Crippen LogP contribution is -3.14. The average Bonchev–Trinajstić information content (AvgIpc) is 2.55. The van der Waals surface area contributed by atoms with E-state index in [1.165, 1.54) is 4.90 Å². The summed E-state index contributed by atoms with van der Waals surface area (Å²) in [6.45, 7) is 7.55. The summed E-state index contributed by atoms with van der Waals surface area (Å²) >= 11 is 6.01. The number of anilines is 3. The van der Waals surface area contributed by atoms with Crippen LogP contribution in [0, 0.1) is 6.92 Å².